The van der Waals surface area contributed by atoms with E-state index in [-0.39, 0.29) is 0 Å². The van der Waals surface area contributed by atoms with Gasteiger partial charge in [-0.3, -0.25) is 0 Å². The molecule has 0 radical (unpaired) electrons. The summed E-state index contributed by atoms with van der Waals surface area (Å²) in [6.45, 7) is 1.44. The quantitative estimate of drug-likeness (QED) is 0.754. The lowest BCUT2D eigenvalue weighted by atomic mass is 10.1. The summed E-state index contributed by atoms with van der Waals surface area (Å²) in [6.07, 6.45) is 2.99. The first-order chi connectivity index (χ1) is 10.2. The van der Waals surface area contributed by atoms with Crippen LogP contribution in [-0.4, -0.2) is 11.1 Å². The monoisotopic (exact) mass is 318 g/mol. The number of aromatic nitrogens is 1. The molecule has 0 saturated carbocycles. The Labute approximate surface area is 134 Å². The maximum atomic E-state index is 6.08. The van der Waals surface area contributed by atoms with E-state index in [4.69, 9.17) is 28.9 Å². The second kappa shape index (κ2) is 6.10. The van der Waals surface area contributed by atoms with Crippen LogP contribution in [0.2, 0.25) is 10.0 Å². The summed E-state index contributed by atoms with van der Waals surface area (Å²) in [6, 6.07) is 14.4. The van der Waals surface area contributed by atoms with Crippen molar-refractivity contribution in [2.45, 2.75) is 13.0 Å². The molecule has 0 aliphatic rings. The van der Waals surface area contributed by atoms with Gasteiger partial charge >= 0.3 is 0 Å². The molecule has 0 aliphatic carbocycles. The van der Waals surface area contributed by atoms with Crippen molar-refractivity contribution >= 4 is 34.1 Å². The van der Waals surface area contributed by atoms with E-state index in [1.165, 1.54) is 16.5 Å². The lowest BCUT2D eigenvalue weighted by Crippen LogP contribution is -2.03. The van der Waals surface area contributed by atoms with Gasteiger partial charge in [-0.25, -0.2) is 0 Å². The molecule has 0 atom stereocenters. The van der Waals surface area contributed by atoms with Gasteiger partial charge in [-0.05, 0) is 53.7 Å². The number of benzene rings is 2. The molecule has 0 unspecified atom stereocenters. The average molecular weight is 319 g/mol. The number of nitrogens with two attached hydrogens (primary N) is 1. The van der Waals surface area contributed by atoms with Gasteiger partial charge in [0.2, 0.25) is 0 Å². The first-order valence-electron chi connectivity index (χ1n) is 6.89. The van der Waals surface area contributed by atoms with Crippen LogP contribution in [-0.2, 0) is 13.0 Å². The Morgan fingerprint density at radius 3 is 2.48 bits per heavy atom. The summed E-state index contributed by atoms with van der Waals surface area (Å²) < 4.78 is 2.22. The molecule has 0 aliphatic heterocycles. The second-order valence-electron chi connectivity index (χ2n) is 5.12. The summed E-state index contributed by atoms with van der Waals surface area (Å²) in [5.41, 5.74) is 9.25. The van der Waals surface area contributed by atoms with Gasteiger partial charge in [-0.2, -0.15) is 0 Å². The smallest absolute Gasteiger partial charge is 0.0595 e. The summed E-state index contributed by atoms with van der Waals surface area (Å²) in [5.74, 6) is 0. The molecular formula is C17H16Cl2N2. The molecule has 2 aromatic carbocycles. The maximum absolute atomic E-state index is 6.08. The molecule has 2 N–H and O–H groups in total. The minimum Gasteiger partial charge on any atom is -0.343 e. The van der Waals surface area contributed by atoms with Crippen LogP contribution >= 0.6 is 23.2 Å². The highest BCUT2D eigenvalue weighted by molar-refractivity contribution is 6.42. The Bertz CT molecular complexity index is 778. The summed E-state index contributed by atoms with van der Waals surface area (Å²) >= 11 is 12.0. The first kappa shape index (κ1) is 14.5. The normalized spacial score (nSPS) is 11.2. The second-order valence-corrected chi connectivity index (χ2v) is 5.94. The number of hydrogen-bond donors (Lipinski definition) is 1. The molecule has 0 fully saturated rings. The van der Waals surface area contributed by atoms with Crippen LogP contribution in [0.15, 0.2) is 48.7 Å². The molecule has 0 amide bonds. The molecule has 0 saturated heterocycles. The highest BCUT2D eigenvalue weighted by Gasteiger charge is 2.05. The number of halogens is 2. The Hall–Kier alpha value is -1.48. The lowest BCUT2D eigenvalue weighted by Gasteiger charge is -2.08. The fraction of sp³-hybridized carbons (Fsp3) is 0.176. The zero-order valence-corrected chi connectivity index (χ0v) is 13.0. The Morgan fingerprint density at radius 2 is 1.71 bits per heavy atom. The van der Waals surface area contributed by atoms with E-state index in [0.29, 0.717) is 16.6 Å². The third kappa shape index (κ3) is 3.08. The van der Waals surface area contributed by atoms with Crippen LogP contribution in [0.3, 0.4) is 0 Å². The van der Waals surface area contributed by atoms with E-state index in [1.807, 2.05) is 18.2 Å². The van der Waals surface area contributed by atoms with Crippen LogP contribution < -0.4 is 5.73 Å². The molecule has 3 rings (SSSR count). The van der Waals surface area contributed by atoms with Crippen LogP contribution in [0.1, 0.15) is 11.1 Å². The van der Waals surface area contributed by atoms with E-state index in [0.717, 1.165) is 18.5 Å². The number of nitrogens with zero attached hydrogens (tertiary/aromatic N) is 1. The van der Waals surface area contributed by atoms with E-state index >= 15 is 0 Å². The number of fused-ring (bicyclic) bond motifs is 1. The molecule has 21 heavy (non-hydrogen) atoms. The third-order valence-corrected chi connectivity index (χ3v) is 4.35. The molecule has 3 aromatic rings. The minimum absolute atomic E-state index is 0.586. The number of hydrogen-bond acceptors (Lipinski definition) is 1. The van der Waals surface area contributed by atoms with Crippen molar-refractivity contribution in [1.82, 2.24) is 4.57 Å². The van der Waals surface area contributed by atoms with E-state index in [9.17, 15) is 0 Å². The SMILES string of the molecule is NCCc1ccc2ccn(Cc3ccc(Cl)c(Cl)c3)c2c1. The summed E-state index contributed by atoms with van der Waals surface area (Å²) in [7, 11) is 0. The van der Waals surface area contributed by atoms with Crippen LogP contribution in [0.4, 0.5) is 0 Å². The Balaban J connectivity index is 1.95. The first-order valence-corrected chi connectivity index (χ1v) is 7.65. The minimum atomic E-state index is 0.586. The fourth-order valence-corrected chi connectivity index (χ4v) is 2.84. The van der Waals surface area contributed by atoms with Gasteiger partial charge in [-0.15, -0.1) is 0 Å². The van der Waals surface area contributed by atoms with Crippen molar-refractivity contribution < 1.29 is 0 Å². The van der Waals surface area contributed by atoms with Crippen molar-refractivity contribution in [3.8, 4) is 0 Å². The van der Waals surface area contributed by atoms with Crippen LogP contribution in [0.5, 0.6) is 0 Å². The summed E-state index contributed by atoms with van der Waals surface area (Å²) in [4.78, 5) is 0. The highest BCUT2D eigenvalue weighted by atomic mass is 35.5. The fourth-order valence-electron chi connectivity index (χ4n) is 2.52. The molecule has 4 heteroatoms. The van der Waals surface area contributed by atoms with Gasteiger partial charge in [0.05, 0.1) is 10.0 Å². The molecule has 1 heterocycles. The zero-order valence-electron chi connectivity index (χ0n) is 11.5. The molecule has 108 valence electrons. The molecular weight excluding hydrogens is 303 g/mol. The maximum Gasteiger partial charge on any atom is 0.0595 e. The number of rotatable bonds is 4. The van der Waals surface area contributed by atoms with Gasteiger partial charge in [0.15, 0.2) is 0 Å². The lowest BCUT2D eigenvalue weighted by molar-refractivity contribution is 0.835. The van der Waals surface area contributed by atoms with E-state index in [2.05, 4.69) is 35.0 Å². The van der Waals surface area contributed by atoms with Crippen molar-refractivity contribution in [2.24, 2.45) is 5.73 Å². The molecule has 0 spiro atoms. The van der Waals surface area contributed by atoms with Crippen molar-refractivity contribution in [1.29, 1.82) is 0 Å². The zero-order chi connectivity index (χ0) is 14.8. The molecule has 2 nitrogen and oxygen atoms in total. The third-order valence-electron chi connectivity index (χ3n) is 3.61. The van der Waals surface area contributed by atoms with Crippen molar-refractivity contribution in [3.63, 3.8) is 0 Å². The largest absolute Gasteiger partial charge is 0.343 e. The molecule has 0 bridgehead atoms. The molecule has 1 aromatic heterocycles. The Kier molecular flexibility index (Phi) is 4.20. The standard InChI is InChI=1S/C17H16Cl2N2/c18-15-4-2-13(9-16(15)19)11-21-8-6-14-3-1-12(5-7-20)10-17(14)21/h1-4,6,8-10H,5,7,11,20H2. The predicted octanol–water partition coefficient (Wildman–Crippen LogP) is 4.50. The van der Waals surface area contributed by atoms with Crippen LogP contribution in [0.25, 0.3) is 10.9 Å². The topological polar surface area (TPSA) is 30.9 Å². The predicted molar refractivity (Wildman–Crippen MR) is 90.3 cm³/mol. The van der Waals surface area contributed by atoms with E-state index < -0.39 is 0 Å². The van der Waals surface area contributed by atoms with Gasteiger partial charge in [0.25, 0.3) is 0 Å². The van der Waals surface area contributed by atoms with Crippen molar-refractivity contribution in [3.05, 3.63) is 69.8 Å². The Morgan fingerprint density at radius 1 is 0.905 bits per heavy atom. The van der Waals surface area contributed by atoms with E-state index in [1.54, 1.807) is 0 Å². The highest BCUT2D eigenvalue weighted by Crippen LogP contribution is 2.24. The van der Waals surface area contributed by atoms with Gasteiger partial charge < -0.3 is 10.3 Å². The van der Waals surface area contributed by atoms with Gasteiger partial charge in [0, 0.05) is 18.3 Å². The summed E-state index contributed by atoms with van der Waals surface area (Å²) in [5, 5.41) is 2.41. The van der Waals surface area contributed by atoms with Crippen LogP contribution in [0, 0.1) is 0 Å². The van der Waals surface area contributed by atoms with Gasteiger partial charge in [0.1, 0.15) is 0 Å². The average Bonchev–Trinajstić information content (AvgIpc) is 2.86. The van der Waals surface area contributed by atoms with Gasteiger partial charge in [-0.1, -0.05) is 41.4 Å². The van der Waals surface area contributed by atoms with Crippen molar-refractivity contribution in [2.75, 3.05) is 6.54 Å².